The fraction of sp³-hybridized carbons (Fsp3) is 1.00. The van der Waals surface area contributed by atoms with Gasteiger partial charge in [-0.1, -0.05) is 0 Å². The summed E-state index contributed by atoms with van der Waals surface area (Å²) < 4.78 is 15.9. The molecule has 0 spiro atoms. The largest absolute Gasteiger partial charge is 0.371 e. The first-order valence-electron chi connectivity index (χ1n) is 3.95. The minimum Gasteiger partial charge on any atom is -0.371 e. The highest BCUT2D eigenvalue weighted by molar-refractivity contribution is 4.60. The lowest BCUT2D eigenvalue weighted by molar-refractivity contribution is -0.128. The van der Waals surface area contributed by atoms with Gasteiger partial charge in [-0.15, -0.1) is 0 Å². The second-order valence-corrected chi connectivity index (χ2v) is 3.59. The van der Waals surface area contributed by atoms with Gasteiger partial charge >= 0.3 is 0 Å². The number of ether oxygens (including phenoxy) is 3. The molecule has 1 aliphatic heterocycles. The van der Waals surface area contributed by atoms with E-state index >= 15 is 0 Å². The van der Waals surface area contributed by atoms with Gasteiger partial charge in [-0.25, -0.2) is 0 Å². The molecule has 0 aliphatic carbocycles. The monoisotopic (exact) mass is 160 g/mol. The molecular weight excluding hydrogens is 144 g/mol. The van der Waals surface area contributed by atoms with Crippen molar-refractivity contribution in [3.05, 3.63) is 0 Å². The highest BCUT2D eigenvalue weighted by atomic mass is 16.7. The minimum atomic E-state index is -0.144. The van der Waals surface area contributed by atoms with Gasteiger partial charge in [0.1, 0.15) is 0 Å². The molecule has 1 heterocycles. The van der Waals surface area contributed by atoms with Crippen molar-refractivity contribution in [2.24, 2.45) is 0 Å². The van der Waals surface area contributed by atoms with Gasteiger partial charge < -0.3 is 14.2 Å². The molecule has 0 amide bonds. The quantitative estimate of drug-likeness (QED) is 0.607. The Labute approximate surface area is 67.6 Å². The SMILES string of the molecule is CC(C)(C)OCC1OCCO1. The van der Waals surface area contributed by atoms with Crippen LogP contribution in [0.1, 0.15) is 20.8 Å². The van der Waals surface area contributed by atoms with Crippen molar-refractivity contribution in [2.75, 3.05) is 19.8 Å². The van der Waals surface area contributed by atoms with Crippen molar-refractivity contribution in [1.82, 2.24) is 0 Å². The first kappa shape index (κ1) is 8.97. The second kappa shape index (κ2) is 3.52. The Morgan fingerprint density at radius 1 is 1.27 bits per heavy atom. The summed E-state index contributed by atoms with van der Waals surface area (Å²) in [6.07, 6.45) is -0.144. The van der Waals surface area contributed by atoms with E-state index in [0.717, 1.165) is 0 Å². The molecule has 1 rings (SSSR count). The third-order valence-corrected chi connectivity index (χ3v) is 1.34. The highest BCUT2D eigenvalue weighted by Crippen LogP contribution is 2.11. The average Bonchev–Trinajstić information content (AvgIpc) is 2.32. The molecule has 1 saturated heterocycles. The Bertz CT molecular complexity index is 111. The zero-order valence-corrected chi connectivity index (χ0v) is 7.42. The van der Waals surface area contributed by atoms with E-state index in [1.165, 1.54) is 0 Å². The van der Waals surface area contributed by atoms with Crippen LogP contribution in [0, 0.1) is 0 Å². The van der Waals surface area contributed by atoms with E-state index in [2.05, 4.69) is 0 Å². The van der Waals surface area contributed by atoms with Crippen LogP contribution in [-0.4, -0.2) is 31.7 Å². The van der Waals surface area contributed by atoms with Crippen LogP contribution in [0.5, 0.6) is 0 Å². The Kier molecular flexibility index (Phi) is 2.87. The molecule has 0 aromatic rings. The fourth-order valence-corrected chi connectivity index (χ4v) is 0.821. The third kappa shape index (κ3) is 3.70. The molecule has 0 unspecified atom stereocenters. The molecule has 0 N–H and O–H groups in total. The average molecular weight is 160 g/mol. The van der Waals surface area contributed by atoms with E-state index < -0.39 is 0 Å². The molecule has 3 heteroatoms. The predicted molar refractivity (Wildman–Crippen MR) is 41.4 cm³/mol. The molecule has 0 bridgehead atoms. The summed E-state index contributed by atoms with van der Waals surface area (Å²) in [6, 6.07) is 0. The lowest BCUT2D eigenvalue weighted by Crippen LogP contribution is -2.26. The maximum atomic E-state index is 5.46. The summed E-state index contributed by atoms with van der Waals surface area (Å²) in [4.78, 5) is 0. The Morgan fingerprint density at radius 3 is 2.27 bits per heavy atom. The van der Waals surface area contributed by atoms with Gasteiger partial charge in [-0.2, -0.15) is 0 Å². The molecule has 66 valence electrons. The zero-order valence-electron chi connectivity index (χ0n) is 7.42. The molecule has 0 radical (unpaired) electrons. The lowest BCUT2D eigenvalue weighted by atomic mass is 10.2. The highest BCUT2D eigenvalue weighted by Gasteiger charge is 2.19. The molecule has 0 aromatic carbocycles. The number of hydrogen-bond donors (Lipinski definition) is 0. The Balaban J connectivity index is 2.11. The summed E-state index contributed by atoms with van der Waals surface area (Å²) in [6.45, 7) is 7.96. The van der Waals surface area contributed by atoms with E-state index in [4.69, 9.17) is 14.2 Å². The van der Waals surface area contributed by atoms with Gasteiger partial charge in [0.25, 0.3) is 0 Å². The topological polar surface area (TPSA) is 27.7 Å². The van der Waals surface area contributed by atoms with Crippen LogP contribution in [0.2, 0.25) is 0 Å². The van der Waals surface area contributed by atoms with Crippen molar-refractivity contribution in [2.45, 2.75) is 32.7 Å². The van der Waals surface area contributed by atoms with Crippen LogP contribution >= 0.6 is 0 Å². The summed E-state index contributed by atoms with van der Waals surface area (Å²) in [7, 11) is 0. The maximum absolute atomic E-state index is 5.46. The lowest BCUT2D eigenvalue weighted by Gasteiger charge is -2.21. The first-order chi connectivity index (χ1) is 5.08. The van der Waals surface area contributed by atoms with Crippen LogP contribution in [0.15, 0.2) is 0 Å². The van der Waals surface area contributed by atoms with Crippen LogP contribution in [0.3, 0.4) is 0 Å². The second-order valence-electron chi connectivity index (χ2n) is 3.59. The van der Waals surface area contributed by atoms with Gasteiger partial charge in [-0.3, -0.25) is 0 Å². The van der Waals surface area contributed by atoms with Crippen molar-refractivity contribution in [3.63, 3.8) is 0 Å². The minimum absolute atomic E-state index is 0.102. The van der Waals surface area contributed by atoms with Crippen LogP contribution in [0.25, 0.3) is 0 Å². The number of hydrogen-bond acceptors (Lipinski definition) is 3. The van der Waals surface area contributed by atoms with Crippen LogP contribution < -0.4 is 0 Å². The molecule has 1 aliphatic rings. The van der Waals surface area contributed by atoms with E-state index in [9.17, 15) is 0 Å². The summed E-state index contributed by atoms with van der Waals surface area (Å²) in [5.41, 5.74) is -0.102. The Hall–Kier alpha value is -0.120. The van der Waals surface area contributed by atoms with E-state index in [0.29, 0.717) is 19.8 Å². The number of rotatable bonds is 2. The van der Waals surface area contributed by atoms with E-state index in [1.807, 2.05) is 20.8 Å². The first-order valence-corrected chi connectivity index (χ1v) is 3.95. The van der Waals surface area contributed by atoms with Crippen LogP contribution in [0.4, 0.5) is 0 Å². The van der Waals surface area contributed by atoms with E-state index in [1.54, 1.807) is 0 Å². The summed E-state index contributed by atoms with van der Waals surface area (Å²) >= 11 is 0. The fourth-order valence-electron chi connectivity index (χ4n) is 0.821. The zero-order chi connectivity index (χ0) is 8.32. The summed E-state index contributed by atoms with van der Waals surface area (Å²) in [5, 5.41) is 0. The molecule has 0 atom stereocenters. The van der Waals surface area contributed by atoms with Crippen molar-refractivity contribution >= 4 is 0 Å². The van der Waals surface area contributed by atoms with Crippen molar-refractivity contribution in [1.29, 1.82) is 0 Å². The normalized spacial score (nSPS) is 21.0. The van der Waals surface area contributed by atoms with Crippen LogP contribution in [-0.2, 0) is 14.2 Å². The molecule has 0 saturated carbocycles. The molecule has 1 fully saturated rings. The van der Waals surface area contributed by atoms with Gasteiger partial charge in [0, 0.05) is 0 Å². The smallest absolute Gasteiger partial charge is 0.181 e. The van der Waals surface area contributed by atoms with E-state index in [-0.39, 0.29) is 11.9 Å². The standard InChI is InChI=1S/C8H16O3/c1-8(2,3)11-6-7-9-4-5-10-7/h7H,4-6H2,1-3H3. The molecule has 3 nitrogen and oxygen atoms in total. The predicted octanol–water partition coefficient (Wildman–Crippen LogP) is 1.17. The Morgan fingerprint density at radius 2 is 1.82 bits per heavy atom. The molecule has 11 heavy (non-hydrogen) atoms. The van der Waals surface area contributed by atoms with Gasteiger partial charge in [0.05, 0.1) is 25.4 Å². The van der Waals surface area contributed by atoms with Gasteiger partial charge in [0.15, 0.2) is 6.29 Å². The van der Waals surface area contributed by atoms with Crippen molar-refractivity contribution in [3.8, 4) is 0 Å². The molecule has 0 aromatic heterocycles. The third-order valence-electron chi connectivity index (χ3n) is 1.34. The van der Waals surface area contributed by atoms with Gasteiger partial charge in [-0.05, 0) is 20.8 Å². The summed E-state index contributed by atoms with van der Waals surface area (Å²) in [5.74, 6) is 0. The molecular formula is C8H16O3. The van der Waals surface area contributed by atoms with Gasteiger partial charge in [0.2, 0.25) is 0 Å². The van der Waals surface area contributed by atoms with Crippen molar-refractivity contribution < 1.29 is 14.2 Å². The maximum Gasteiger partial charge on any atom is 0.181 e.